The first kappa shape index (κ1) is 15.7. The molecule has 1 amide bonds. The number of rotatable bonds is 4. The average Bonchev–Trinajstić information content (AvgIpc) is 2.47. The van der Waals surface area contributed by atoms with Crippen molar-refractivity contribution in [2.75, 3.05) is 19.5 Å². The molecule has 0 aliphatic rings. The Balaban J connectivity index is 2.24. The fraction of sp³-hybridized carbons (Fsp3) is 0.133. The zero-order chi connectivity index (χ0) is 15.4. The van der Waals surface area contributed by atoms with Gasteiger partial charge in [-0.25, -0.2) is 0 Å². The van der Waals surface area contributed by atoms with Gasteiger partial charge < -0.3 is 14.8 Å². The Bertz CT molecular complexity index is 676. The average molecular weight is 371 g/mol. The highest BCUT2D eigenvalue weighted by molar-refractivity contribution is 9.10. The minimum absolute atomic E-state index is 0.277. The molecule has 0 atom stereocenters. The van der Waals surface area contributed by atoms with Gasteiger partial charge in [0.2, 0.25) is 0 Å². The van der Waals surface area contributed by atoms with E-state index in [1.165, 1.54) is 14.2 Å². The SMILES string of the molecule is COc1ccc(NC(=O)c2ccc(Br)cc2OC)cc1Cl. The van der Waals surface area contributed by atoms with E-state index in [2.05, 4.69) is 21.2 Å². The van der Waals surface area contributed by atoms with Crippen molar-refractivity contribution in [3.05, 3.63) is 51.5 Å². The number of hydrogen-bond acceptors (Lipinski definition) is 3. The van der Waals surface area contributed by atoms with Gasteiger partial charge in [-0.1, -0.05) is 27.5 Å². The second-order valence-electron chi connectivity index (χ2n) is 4.15. The van der Waals surface area contributed by atoms with Gasteiger partial charge in [0, 0.05) is 10.2 Å². The maximum Gasteiger partial charge on any atom is 0.259 e. The molecule has 0 bridgehead atoms. The summed E-state index contributed by atoms with van der Waals surface area (Å²) in [5, 5.41) is 3.20. The van der Waals surface area contributed by atoms with E-state index >= 15 is 0 Å². The molecule has 2 aromatic rings. The highest BCUT2D eigenvalue weighted by Crippen LogP contribution is 2.28. The molecule has 0 aliphatic heterocycles. The highest BCUT2D eigenvalue weighted by atomic mass is 79.9. The Hall–Kier alpha value is -1.72. The Morgan fingerprint density at radius 3 is 2.43 bits per heavy atom. The van der Waals surface area contributed by atoms with E-state index in [1.807, 2.05) is 0 Å². The van der Waals surface area contributed by atoms with Gasteiger partial charge in [0.05, 0.1) is 24.8 Å². The number of methoxy groups -OCH3 is 2. The minimum atomic E-state index is -0.277. The van der Waals surface area contributed by atoms with Crippen LogP contribution in [0.1, 0.15) is 10.4 Å². The van der Waals surface area contributed by atoms with E-state index in [9.17, 15) is 4.79 Å². The van der Waals surface area contributed by atoms with E-state index in [0.717, 1.165) is 4.47 Å². The predicted octanol–water partition coefficient (Wildman–Crippen LogP) is 4.37. The first-order chi connectivity index (χ1) is 10.0. The van der Waals surface area contributed by atoms with E-state index in [4.69, 9.17) is 21.1 Å². The molecule has 0 heterocycles. The molecule has 1 N–H and O–H groups in total. The number of carbonyl (C=O) groups is 1. The fourth-order valence-corrected chi connectivity index (χ4v) is 2.39. The molecule has 2 aromatic carbocycles. The molecular weight excluding hydrogens is 358 g/mol. The lowest BCUT2D eigenvalue weighted by Crippen LogP contribution is -2.13. The molecule has 110 valence electrons. The topological polar surface area (TPSA) is 47.6 Å². The molecule has 0 radical (unpaired) electrons. The molecule has 21 heavy (non-hydrogen) atoms. The van der Waals surface area contributed by atoms with Gasteiger partial charge in [-0.05, 0) is 36.4 Å². The molecule has 0 fully saturated rings. The number of benzene rings is 2. The van der Waals surface area contributed by atoms with E-state index < -0.39 is 0 Å². The highest BCUT2D eigenvalue weighted by Gasteiger charge is 2.13. The van der Waals surface area contributed by atoms with E-state index in [0.29, 0.717) is 27.8 Å². The van der Waals surface area contributed by atoms with Crippen molar-refractivity contribution in [1.29, 1.82) is 0 Å². The summed E-state index contributed by atoms with van der Waals surface area (Å²) in [5.41, 5.74) is 1.02. The summed E-state index contributed by atoms with van der Waals surface area (Å²) < 4.78 is 11.1. The Labute approximate surface area is 136 Å². The monoisotopic (exact) mass is 369 g/mol. The molecule has 0 aromatic heterocycles. The van der Waals surface area contributed by atoms with Gasteiger partial charge in [-0.15, -0.1) is 0 Å². The van der Waals surface area contributed by atoms with Crippen molar-refractivity contribution < 1.29 is 14.3 Å². The number of hydrogen-bond donors (Lipinski definition) is 1. The number of anilines is 1. The van der Waals surface area contributed by atoms with Crippen LogP contribution in [0.4, 0.5) is 5.69 Å². The maximum atomic E-state index is 12.3. The first-order valence-electron chi connectivity index (χ1n) is 6.03. The molecule has 0 saturated carbocycles. The summed E-state index contributed by atoms with van der Waals surface area (Å²) in [5.74, 6) is 0.762. The Kier molecular flexibility index (Phi) is 5.09. The van der Waals surface area contributed by atoms with Crippen molar-refractivity contribution in [2.45, 2.75) is 0 Å². The van der Waals surface area contributed by atoms with Crippen molar-refractivity contribution >= 4 is 39.1 Å². The van der Waals surface area contributed by atoms with E-state index in [-0.39, 0.29) is 5.91 Å². The smallest absolute Gasteiger partial charge is 0.259 e. The van der Waals surface area contributed by atoms with Crippen molar-refractivity contribution in [3.63, 3.8) is 0 Å². The van der Waals surface area contributed by atoms with E-state index in [1.54, 1.807) is 36.4 Å². The standard InChI is InChI=1S/C15H13BrClNO3/c1-20-13-6-4-10(8-12(13)17)18-15(19)11-5-3-9(16)7-14(11)21-2/h3-8H,1-2H3,(H,18,19). The quantitative estimate of drug-likeness (QED) is 0.869. The summed E-state index contributed by atoms with van der Waals surface area (Å²) in [7, 11) is 3.05. The van der Waals surface area contributed by atoms with Crippen molar-refractivity contribution in [2.24, 2.45) is 0 Å². The zero-order valence-electron chi connectivity index (χ0n) is 11.4. The third-order valence-electron chi connectivity index (χ3n) is 2.82. The van der Waals surface area contributed by atoms with Gasteiger partial charge in [-0.2, -0.15) is 0 Å². The molecule has 0 unspecified atom stereocenters. The Morgan fingerprint density at radius 1 is 1.10 bits per heavy atom. The van der Waals surface area contributed by atoms with Crippen LogP contribution < -0.4 is 14.8 Å². The minimum Gasteiger partial charge on any atom is -0.496 e. The molecule has 4 nitrogen and oxygen atoms in total. The summed E-state index contributed by atoms with van der Waals surface area (Å²) in [6, 6.07) is 10.2. The number of halogens is 2. The maximum absolute atomic E-state index is 12.3. The van der Waals surface area contributed by atoms with Crippen LogP contribution in [0.2, 0.25) is 5.02 Å². The van der Waals surface area contributed by atoms with Gasteiger partial charge >= 0.3 is 0 Å². The van der Waals surface area contributed by atoms with Gasteiger partial charge in [0.25, 0.3) is 5.91 Å². The number of nitrogens with one attached hydrogen (secondary N) is 1. The number of ether oxygens (including phenoxy) is 2. The summed E-state index contributed by atoms with van der Waals surface area (Å²) in [4.78, 5) is 12.3. The fourth-order valence-electron chi connectivity index (χ4n) is 1.80. The predicted molar refractivity (Wildman–Crippen MR) is 86.7 cm³/mol. The summed E-state index contributed by atoms with van der Waals surface area (Å²) >= 11 is 9.37. The third kappa shape index (κ3) is 3.68. The molecular formula is C15H13BrClNO3. The number of amides is 1. The molecule has 2 rings (SSSR count). The van der Waals surface area contributed by atoms with Crippen LogP contribution in [0.25, 0.3) is 0 Å². The second kappa shape index (κ2) is 6.83. The van der Waals surface area contributed by atoms with Crippen LogP contribution in [-0.4, -0.2) is 20.1 Å². The van der Waals surface area contributed by atoms with Crippen LogP contribution in [0.15, 0.2) is 40.9 Å². The third-order valence-corrected chi connectivity index (χ3v) is 3.61. The summed E-state index contributed by atoms with van der Waals surface area (Å²) in [6.45, 7) is 0. The largest absolute Gasteiger partial charge is 0.496 e. The first-order valence-corrected chi connectivity index (χ1v) is 7.20. The molecule has 6 heteroatoms. The van der Waals surface area contributed by atoms with Crippen LogP contribution >= 0.6 is 27.5 Å². The Morgan fingerprint density at radius 2 is 1.81 bits per heavy atom. The van der Waals surface area contributed by atoms with Crippen molar-refractivity contribution in [3.8, 4) is 11.5 Å². The van der Waals surface area contributed by atoms with Crippen LogP contribution in [0.5, 0.6) is 11.5 Å². The van der Waals surface area contributed by atoms with Crippen LogP contribution in [-0.2, 0) is 0 Å². The lowest BCUT2D eigenvalue weighted by atomic mass is 10.2. The normalized spacial score (nSPS) is 10.1. The number of carbonyl (C=O) groups excluding carboxylic acids is 1. The van der Waals surface area contributed by atoms with Gasteiger partial charge in [0.15, 0.2) is 0 Å². The van der Waals surface area contributed by atoms with Gasteiger partial charge in [0.1, 0.15) is 11.5 Å². The lowest BCUT2D eigenvalue weighted by molar-refractivity contribution is 0.102. The van der Waals surface area contributed by atoms with Crippen molar-refractivity contribution in [1.82, 2.24) is 0 Å². The second-order valence-corrected chi connectivity index (χ2v) is 5.47. The molecule has 0 spiro atoms. The van der Waals surface area contributed by atoms with Gasteiger partial charge in [-0.3, -0.25) is 4.79 Å². The lowest BCUT2D eigenvalue weighted by Gasteiger charge is -2.11. The van der Waals surface area contributed by atoms with Crippen LogP contribution in [0, 0.1) is 0 Å². The zero-order valence-corrected chi connectivity index (χ0v) is 13.8. The molecule has 0 saturated heterocycles. The molecule has 0 aliphatic carbocycles. The van der Waals surface area contributed by atoms with Crippen LogP contribution in [0.3, 0.4) is 0 Å². The summed E-state index contributed by atoms with van der Waals surface area (Å²) in [6.07, 6.45) is 0.